The Balaban J connectivity index is 1.71. The number of imide groups is 1. The summed E-state index contributed by atoms with van der Waals surface area (Å²) in [6, 6.07) is 10.8. The highest BCUT2D eigenvalue weighted by molar-refractivity contribution is 6.05. The van der Waals surface area contributed by atoms with Gasteiger partial charge in [0.2, 0.25) is 11.8 Å². The highest BCUT2D eigenvalue weighted by Crippen LogP contribution is 2.32. The zero-order valence-electron chi connectivity index (χ0n) is 14.0. The number of benzene rings is 2. The Morgan fingerprint density at radius 1 is 0.963 bits per heavy atom. The summed E-state index contributed by atoms with van der Waals surface area (Å²) >= 11 is 0. The van der Waals surface area contributed by atoms with Crippen LogP contribution in [0.15, 0.2) is 48.5 Å². The maximum atomic E-state index is 13.0. The third-order valence-electron chi connectivity index (χ3n) is 4.18. The lowest BCUT2D eigenvalue weighted by Crippen LogP contribution is -2.28. The number of halogens is 3. The van der Waals surface area contributed by atoms with E-state index in [-0.39, 0.29) is 31.2 Å². The number of carbonyl (C=O) groups excluding carboxylic acids is 3. The Morgan fingerprint density at radius 2 is 1.56 bits per heavy atom. The fourth-order valence-corrected chi connectivity index (χ4v) is 2.80. The molecule has 1 fully saturated rings. The fourth-order valence-electron chi connectivity index (χ4n) is 2.80. The van der Waals surface area contributed by atoms with Crippen LogP contribution in [-0.4, -0.2) is 22.6 Å². The Morgan fingerprint density at radius 3 is 2.15 bits per heavy atom. The zero-order chi connectivity index (χ0) is 19.6. The van der Waals surface area contributed by atoms with Crippen molar-refractivity contribution in [3.63, 3.8) is 0 Å². The maximum absolute atomic E-state index is 13.0. The van der Waals surface area contributed by atoms with Crippen LogP contribution in [0.4, 0.5) is 18.9 Å². The summed E-state index contributed by atoms with van der Waals surface area (Å²) in [5.74, 6) is -1.34. The minimum atomic E-state index is -4.63. The van der Waals surface area contributed by atoms with Crippen LogP contribution in [0.2, 0.25) is 0 Å². The summed E-state index contributed by atoms with van der Waals surface area (Å²) in [4.78, 5) is 36.6. The van der Waals surface area contributed by atoms with Crippen LogP contribution in [-0.2, 0) is 22.3 Å². The van der Waals surface area contributed by atoms with Crippen LogP contribution >= 0.6 is 0 Å². The molecule has 0 aromatic heterocycles. The first-order valence-electron chi connectivity index (χ1n) is 8.15. The topological polar surface area (TPSA) is 66.5 Å². The molecule has 2 aromatic rings. The van der Waals surface area contributed by atoms with Gasteiger partial charge in [0.1, 0.15) is 0 Å². The first-order valence-corrected chi connectivity index (χ1v) is 8.15. The molecule has 0 unspecified atom stereocenters. The van der Waals surface area contributed by atoms with Gasteiger partial charge in [0.05, 0.1) is 17.7 Å². The second-order valence-corrected chi connectivity index (χ2v) is 6.07. The van der Waals surface area contributed by atoms with E-state index in [2.05, 4.69) is 5.32 Å². The van der Waals surface area contributed by atoms with Crippen molar-refractivity contribution in [2.75, 3.05) is 5.32 Å². The van der Waals surface area contributed by atoms with Gasteiger partial charge in [-0.1, -0.05) is 24.3 Å². The minimum absolute atomic E-state index is 0.128. The van der Waals surface area contributed by atoms with Crippen molar-refractivity contribution in [1.82, 2.24) is 4.90 Å². The highest BCUT2D eigenvalue weighted by atomic mass is 19.4. The molecule has 8 heteroatoms. The average Bonchev–Trinajstić information content (AvgIpc) is 2.94. The molecule has 1 heterocycles. The molecule has 1 aliphatic heterocycles. The summed E-state index contributed by atoms with van der Waals surface area (Å²) in [6.07, 6.45) is -4.23. The van der Waals surface area contributed by atoms with Crippen LogP contribution in [0.3, 0.4) is 0 Å². The molecule has 2 aromatic carbocycles. The van der Waals surface area contributed by atoms with Crippen molar-refractivity contribution in [3.8, 4) is 0 Å². The van der Waals surface area contributed by atoms with E-state index in [1.807, 2.05) is 0 Å². The zero-order valence-corrected chi connectivity index (χ0v) is 14.0. The minimum Gasteiger partial charge on any atom is -0.322 e. The molecule has 27 heavy (non-hydrogen) atoms. The van der Waals surface area contributed by atoms with E-state index in [1.54, 1.807) is 12.1 Å². The molecule has 0 bridgehead atoms. The third kappa shape index (κ3) is 4.16. The largest absolute Gasteiger partial charge is 0.417 e. The van der Waals surface area contributed by atoms with Crippen molar-refractivity contribution >= 4 is 23.4 Å². The predicted octanol–water partition coefficient (Wildman–Crippen LogP) is 3.61. The summed E-state index contributed by atoms with van der Waals surface area (Å²) in [7, 11) is 0. The van der Waals surface area contributed by atoms with Gasteiger partial charge in [-0.05, 0) is 29.8 Å². The molecule has 0 atom stereocenters. The van der Waals surface area contributed by atoms with E-state index >= 15 is 0 Å². The first kappa shape index (κ1) is 18.6. The van der Waals surface area contributed by atoms with Crippen LogP contribution in [0.5, 0.6) is 0 Å². The molecule has 1 N–H and O–H groups in total. The number of amides is 3. The molecule has 0 spiro atoms. The van der Waals surface area contributed by atoms with Crippen molar-refractivity contribution < 1.29 is 27.6 Å². The molecule has 3 rings (SSSR count). The molecule has 140 valence electrons. The van der Waals surface area contributed by atoms with Crippen molar-refractivity contribution in [2.45, 2.75) is 25.6 Å². The van der Waals surface area contributed by atoms with Crippen LogP contribution < -0.4 is 5.32 Å². The van der Waals surface area contributed by atoms with Gasteiger partial charge >= 0.3 is 6.18 Å². The van der Waals surface area contributed by atoms with E-state index in [9.17, 15) is 27.6 Å². The van der Waals surface area contributed by atoms with E-state index in [0.717, 1.165) is 17.0 Å². The number of nitrogens with zero attached hydrogens (tertiary/aromatic N) is 1. The van der Waals surface area contributed by atoms with E-state index < -0.39 is 23.2 Å². The van der Waals surface area contributed by atoms with Crippen molar-refractivity contribution in [2.24, 2.45) is 0 Å². The van der Waals surface area contributed by atoms with E-state index in [0.29, 0.717) is 11.3 Å². The first-order chi connectivity index (χ1) is 12.8. The number of hydrogen-bond donors (Lipinski definition) is 1. The smallest absolute Gasteiger partial charge is 0.322 e. The lowest BCUT2D eigenvalue weighted by Gasteiger charge is -2.15. The summed E-state index contributed by atoms with van der Waals surface area (Å²) in [5.41, 5.74) is -0.500. The second kappa shape index (κ2) is 7.22. The summed E-state index contributed by atoms with van der Waals surface area (Å²) in [6.45, 7) is 0.128. The molecule has 0 aliphatic carbocycles. The molecule has 1 saturated heterocycles. The Hall–Kier alpha value is -3.16. The quantitative estimate of drug-likeness (QED) is 0.829. The van der Waals surface area contributed by atoms with Crippen molar-refractivity contribution in [3.05, 3.63) is 65.2 Å². The van der Waals surface area contributed by atoms with Crippen LogP contribution in [0.25, 0.3) is 0 Å². The number of nitrogens with one attached hydrogen (secondary N) is 1. The molecule has 0 radical (unpaired) electrons. The number of anilines is 1. The SMILES string of the molecule is O=C(Nc1ccc(CN2C(=O)CCC2=O)cc1)c1ccccc1C(F)(F)F. The van der Waals surface area contributed by atoms with Gasteiger partial charge in [0.25, 0.3) is 5.91 Å². The number of likely N-dealkylation sites (tertiary alicyclic amines) is 1. The summed E-state index contributed by atoms with van der Waals surface area (Å²) in [5, 5.41) is 2.42. The third-order valence-corrected chi connectivity index (χ3v) is 4.18. The average molecular weight is 376 g/mol. The maximum Gasteiger partial charge on any atom is 0.417 e. The van der Waals surface area contributed by atoms with Crippen LogP contribution in [0.1, 0.15) is 34.3 Å². The number of hydrogen-bond acceptors (Lipinski definition) is 3. The normalized spacial score (nSPS) is 14.6. The predicted molar refractivity (Wildman–Crippen MR) is 90.6 cm³/mol. The summed E-state index contributed by atoms with van der Waals surface area (Å²) < 4.78 is 39.1. The molecule has 3 amide bonds. The molecular formula is C19H15F3N2O3. The fraction of sp³-hybridized carbons (Fsp3) is 0.211. The Labute approximate surface area is 152 Å². The number of alkyl halides is 3. The Bertz CT molecular complexity index is 876. The lowest BCUT2D eigenvalue weighted by atomic mass is 10.1. The lowest BCUT2D eigenvalue weighted by molar-refractivity contribution is -0.139. The van der Waals surface area contributed by atoms with Gasteiger partial charge in [-0.15, -0.1) is 0 Å². The van der Waals surface area contributed by atoms with Crippen LogP contribution in [0, 0.1) is 0 Å². The second-order valence-electron chi connectivity index (χ2n) is 6.07. The molecular weight excluding hydrogens is 361 g/mol. The van der Waals surface area contributed by atoms with Gasteiger partial charge in [-0.2, -0.15) is 13.2 Å². The van der Waals surface area contributed by atoms with Crippen molar-refractivity contribution in [1.29, 1.82) is 0 Å². The number of rotatable bonds is 4. The van der Waals surface area contributed by atoms with E-state index in [4.69, 9.17) is 0 Å². The van der Waals surface area contributed by atoms with Gasteiger partial charge in [0.15, 0.2) is 0 Å². The molecule has 1 aliphatic rings. The van der Waals surface area contributed by atoms with Gasteiger partial charge in [-0.25, -0.2) is 0 Å². The monoisotopic (exact) mass is 376 g/mol. The Kier molecular flexibility index (Phi) is 4.98. The molecule has 5 nitrogen and oxygen atoms in total. The van der Waals surface area contributed by atoms with Gasteiger partial charge < -0.3 is 5.32 Å². The molecule has 0 saturated carbocycles. The van der Waals surface area contributed by atoms with Gasteiger partial charge in [0, 0.05) is 18.5 Å². The standard InChI is InChI=1S/C19H15F3N2O3/c20-19(21,22)15-4-2-1-3-14(15)18(27)23-13-7-5-12(6-8-13)11-24-16(25)9-10-17(24)26/h1-8H,9-11H2,(H,23,27). The van der Waals surface area contributed by atoms with E-state index in [1.165, 1.54) is 24.3 Å². The van der Waals surface area contributed by atoms with Gasteiger partial charge in [-0.3, -0.25) is 19.3 Å². The number of carbonyl (C=O) groups is 3. The highest BCUT2D eigenvalue weighted by Gasteiger charge is 2.34.